The lowest BCUT2D eigenvalue weighted by molar-refractivity contribution is -0.137. The number of furan rings is 1. The summed E-state index contributed by atoms with van der Waals surface area (Å²) in [6.45, 7) is 1.74. The van der Waals surface area contributed by atoms with E-state index in [1.807, 2.05) is 0 Å². The van der Waals surface area contributed by atoms with Crippen LogP contribution < -0.4 is 0 Å². The summed E-state index contributed by atoms with van der Waals surface area (Å²) in [7, 11) is 0. The van der Waals surface area contributed by atoms with E-state index in [1.165, 1.54) is 17.2 Å². The molecule has 0 atom stereocenters. The van der Waals surface area contributed by atoms with E-state index in [0.717, 1.165) is 0 Å². The molecule has 0 bridgehead atoms. The fourth-order valence-corrected chi connectivity index (χ4v) is 1.52. The van der Waals surface area contributed by atoms with Crippen molar-refractivity contribution in [3.63, 3.8) is 0 Å². The fraction of sp³-hybridized carbons (Fsp3) is 0.333. The van der Waals surface area contributed by atoms with Crippen molar-refractivity contribution in [3.05, 3.63) is 22.6 Å². The molecule has 15 heavy (non-hydrogen) atoms. The second-order valence-electron chi connectivity index (χ2n) is 2.82. The number of hydrogen-bond acceptors (Lipinski definition) is 3. The number of amides is 1. The van der Waals surface area contributed by atoms with Crippen molar-refractivity contribution in [3.8, 4) is 0 Å². The van der Waals surface area contributed by atoms with Gasteiger partial charge in [-0.2, -0.15) is 0 Å². The van der Waals surface area contributed by atoms with Crippen LogP contribution in [0.25, 0.3) is 0 Å². The van der Waals surface area contributed by atoms with Crippen LogP contribution in [0.4, 0.5) is 0 Å². The van der Waals surface area contributed by atoms with Gasteiger partial charge in [0, 0.05) is 6.54 Å². The lowest BCUT2D eigenvalue weighted by Crippen LogP contribution is -2.35. The number of carboxylic acids is 1. The van der Waals surface area contributed by atoms with Crippen molar-refractivity contribution in [2.75, 3.05) is 13.1 Å². The van der Waals surface area contributed by atoms with Crippen LogP contribution in [0.2, 0.25) is 0 Å². The maximum absolute atomic E-state index is 11.8. The largest absolute Gasteiger partial charge is 0.480 e. The Labute approximate surface area is 94.8 Å². The monoisotopic (exact) mass is 275 g/mol. The van der Waals surface area contributed by atoms with Gasteiger partial charge in [0.1, 0.15) is 6.54 Å². The molecule has 1 amide bonds. The van der Waals surface area contributed by atoms with Crippen LogP contribution in [0.15, 0.2) is 21.4 Å². The van der Waals surface area contributed by atoms with Gasteiger partial charge < -0.3 is 14.4 Å². The Morgan fingerprint density at radius 1 is 1.60 bits per heavy atom. The zero-order valence-corrected chi connectivity index (χ0v) is 9.65. The maximum atomic E-state index is 11.8. The van der Waals surface area contributed by atoms with Crippen LogP contribution in [0.5, 0.6) is 0 Å². The first-order valence-corrected chi connectivity index (χ1v) is 5.09. The van der Waals surface area contributed by atoms with Gasteiger partial charge in [0.25, 0.3) is 5.91 Å². The van der Waals surface area contributed by atoms with Crippen LogP contribution in [0.3, 0.4) is 0 Å². The summed E-state index contributed by atoms with van der Waals surface area (Å²) in [4.78, 5) is 23.5. The highest BCUT2D eigenvalue weighted by Gasteiger charge is 2.20. The van der Waals surface area contributed by atoms with E-state index in [0.29, 0.717) is 16.8 Å². The number of rotatable bonds is 4. The molecule has 0 saturated carbocycles. The molecule has 0 spiro atoms. The Kier molecular flexibility index (Phi) is 3.90. The summed E-state index contributed by atoms with van der Waals surface area (Å²) >= 11 is 3.07. The lowest BCUT2D eigenvalue weighted by Gasteiger charge is -2.17. The molecule has 0 fully saturated rings. The van der Waals surface area contributed by atoms with Gasteiger partial charge >= 0.3 is 5.97 Å². The van der Waals surface area contributed by atoms with Gasteiger partial charge in [0.05, 0.1) is 11.8 Å². The van der Waals surface area contributed by atoms with Crippen molar-refractivity contribution < 1.29 is 19.1 Å². The van der Waals surface area contributed by atoms with Gasteiger partial charge in [-0.1, -0.05) is 0 Å². The molecule has 0 aliphatic heterocycles. The third-order valence-corrected chi connectivity index (χ3v) is 2.46. The summed E-state index contributed by atoms with van der Waals surface area (Å²) in [5.41, 5.74) is 0.332. The van der Waals surface area contributed by atoms with Crippen LogP contribution in [-0.2, 0) is 4.79 Å². The molecule has 1 N–H and O–H groups in total. The van der Waals surface area contributed by atoms with Crippen molar-refractivity contribution >= 4 is 27.8 Å². The molecule has 0 aromatic carbocycles. The average Bonchev–Trinajstić information content (AvgIpc) is 2.59. The first-order valence-electron chi connectivity index (χ1n) is 4.30. The molecule has 1 aromatic rings. The van der Waals surface area contributed by atoms with Crippen molar-refractivity contribution in [1.82, 2.24) is 4.90 Å². The summed E-state index contributed by atoms with van der Waals surface area (Å²) < 4.78 is 5.22. The second kappa shape index (κ2) is 4.97. The highest BCUT2D eigenvalue weighted by atomic mass is 79.9. The van der Waals surface area contributed by atoms with Gasteiger partial charge in [-0.25, -0.2) is 0 Å². The third-order valence-electron chi connectivity index (χ3n) is 1.84. The average molecular weight is 276 g/mol. The van der Waals surface area contributed by atoms with Crippen molar-refractivity contribution in [2.45, 2.75) is 6.92 Å². The van der Waals surface area contributed by atoms with Crippen LogP contribution in [-0.4, -0.2) is 35.0 Å². The maximum Gasteiger partial charge on any atom is 0.323 e. The number of carboxylic acid groups (broad SMARTS) is 1. The summed E-state index contributed by atoms with van der Waals surface area (Å²) in [6, 6.07) is 1.50. The van der Waals surface area contributed by atoms with Crippen LogP contribution >= 0.6 is 15.9 Å². The van der Waals surface area contributed by atoms with Crippen LogP contribution in [0.1, 0.15) is 17.3 Å². The van der Waals surface area contributed by atoms with Crippen molar-refractivity contribution in [2.24, 2.45) is 0 Å². The molecule has 0 saturated heterocycles. The van der Waals surface area contributed by atoms with Crippen molar-refractivity contribution in [1.29, 1.82) is 0 Å². The quantitative estimate of drug-likeness (QED) is 0.906. The number of carbonyl (C=O) groups is 2. The number of nitrogens with zero attached hydrogens (tertiary/aromatic N) is 1. The number of likely N-dealkylation sites (N-methyl/N-ethyl adjacent to an activating group) is 1. The zero-order chi connectivity index (χ0) is 11.4. The molecule has 1 heterocycles. The predicted octanol–water partition coefficient (Wildman–Crippen LogP) is 1.59. The fourth-order valence-electron chi connectivity index (χ4n) is 1.11. The minimum atomic E-state index is -1.04. The summed E-state index contributed by atoms with van der Waals surface area (Å²) in [6.07, 6.45) is 1.37. The SMILES string of the molecule is CCN(CC(=O)O)C(=O)c1ccoc1Br. The highest BCUT2D eigenvalue weighted by Crippen LogP contribution is 2.19. The number of hydrogen-bond donors (Lipinski definition) is 1. The van der Waals surface area contributed by atoms with Gasteiger partial charge in [-0.15, -0.1) is 0 Å². The predicted molar refractivity (Wildman–Crippen MR) is 55.6 cm³/mol. The van der Waals surface area contributed by atoms with E-state index in [2.05, 4.69) is 15.9 Å². The molecule has 5 nitrogen and oxygen atoms in total. The molecular formula is C9H10BrNO4. The molecule has 0 aliphatic carbocycles. The Morgan fingerprint density at radius 3 is 2.67 bits per heavy atom. The van der Waals surface area contributed by atoms with E-state index >= 15 is 0 Å². The lowest BCUT2D eigenvalue weighted by atomic mass is 10.3. The Morgan fingerprint density at radius 2 is 2.27 bits per heavy atom. The molecule has 82 valence electrons. The Bertz CT molecular complexity index is 374. The molecule has 1 rings (SSSR count). The van der Waals surface area contributed by atoms with Crippen LogP contribution in [0, 0.1) is 0 Å². The van der Waals surface area contributed by atoms with E-state index in [9.17, 15) is 9.59 Å². The molecule has 6 heteroatoms. The van der Waals surface area contributed by atoms with E-state index in [-0.39, 0.29) is 12.5 Å². The molecule has 0 radical (unpaired) electrons. The van der Waals surface area contributed by atoms with Gasteiger partial charge in [0.15, 0.2) is 4.67 Å². The van der Waals surface area contributed by atoms with E-state index in [1.54, 1.807) is 6.92 Å². The molecule has 1 aromatic heterocycles. The third kappa shape index (κ3) is 2.82. The van der Waals surface area contributed by atoms with Gasteiger partial charge in [-0.05, 0) is 28.9 Å². The Balaban J connectivity index is 2.82. The topological polar surface area (TPSA) is 70.8 Å². The molecule has 0 unspecified atom stereocenters. The number of carbonyl (C=O) groups excluding carboxylic acids is 1. The van der Waals surface area contributed by atoms with E-state index < -0.39 is 5.97 Å². The minimum Gasteiger partial charge on any atom is -0.480 e. The molecule has 0 aliphatic rings. The number of halogens is 1. The van der Waals surface area contributed by atoms with Gasteiger partial charge in [0.2, 0.25) is 0 Å². The standard InChI is InChI=1S/C9H10BrNO4/c1-2-11(5-7(12)13)9(14)6-3-4-15-8(6)10/h3-4H,2,5H2,1H3,(H,12,13). The number of aliphatic carboxylic acids is 1. The first-order chi connectivity index (χ1) is 7.06. The first kappa shape index (κ1) is 11.8. The summed E-state index contributed by atoms with van der Waals surface area (Å²) in [5.74, 6) is -1.40. The highest BCUT2D eigenvalue weighted by molar-refractivity contribution is 9.10. The normalized spacial score (nSPS) is 10.0. The Hall–Kier alpha value is -1.30. The zero-order valence-electron chi connectivity index (χ0n) is 8.07. The molecular weight excluding hydrogens is 266 g/mol. The smallest absolute Gasteiger partial charge is 0.323 e. The minimum absolute atomic E-state index is 0.313. The second-order valence-corrected chi connectivity index (χ2v) is 3.54. The van der Waals surface area contributed by atoms with E-state index in [4.69, 9.17) is 9.52 Å². The summed E-state index contributed by atoms with van der Waals surface area (Å²) in [5, 5.41) is 8.60. The van der Waals surface area contributed by atoms with Gasteiger partial charge in [-0.3, -0.25) is 9.59 Å².